The first-order chi connectivity index (χ1) is 15.6. The lowest BCUT2D eigenvalue weighted by molar-refractivity contribution is -0.150. The standard InChI is InChI=1S/C23H29N3O7/c1-14-9-22(2,3)13-23(10-14)20(29)26(21(30)25-23)11-19(28)33-12-18(27)24-15-4-5-16-17(8-15)32-7-6-31-16/h4-5,8,14H,6-7,9-13H2,1-3H3,(H,24,27)(H,25,30). The molecular formula is C23H29N3O7. The number of anilines is 1. The van der Waals surface area contributed by atoms with E-state index in [-0.39, 0.29) is 11.3 Å². The minimum atomic E-state index is -0.992. The van der Waals surface area contributed by atoms with Crippen molar-refractivity contribution in [3.8, 4) is 11.5 Å². The number of imide groups is 1. The molecule has 0 bridgehead atoms. The van der Waals surface area contributed by atoms with Gasteiger partial charge >= 0.3 is 12.0 Å². The first-order valence-electron chi connectivity index (χ1n) is 11.1. The Morgan fingerprint density at radius 1 is 1.18 bits per heavy atom. The van der Waals surface area contributed by atoms with Gasteiger partial charge in [-0.1, -0.05) is 20.8 Å². The van der Waals surface area contributed by atoms with Gasteiger partial charge in [0.1, 0.15) is 25.3 Å². The molecule has 4 amide bonds. The molecule has 2 aliphatic heterocycles. The van der Waals surface area contributed by atoms with E-state index < -0.39 is 42.5 Å². The van der Waals surface area contributed by atoms with Crippen LogP contribution in [0.15, 0.2) is 18.2 Å². The average molecular weight is 459 g/mol. The number of nitrogens with zero attached hydrogens (tertiary/aromatic N) is 1. The molecule has 3 aliphatic rings. The van der Waals surface area contributed by atoms with Gasteiger partial charge in [-0.15, -0.1) is 0 Å². The molecule has 178 valence electrons. The number of rotatable bonds is 5. The predicted octanol–water partition coefficient (Wildman–Crippen LogP) is 2.08. The van der Waals surface area contributed by atoms with Crippen molar-refractivity contribution < 1.29 is 33.4 Å². The zero-order chi connectivity index (χ0) is 23.8. The van der Waals surface area contributed by atoms with E-state index in [4.69, 9.17) is 14.2 Å². The van der Waals surface area contributed by atoms with Crippen molar-refractivity contribution in [2.45, 2.75) is 45.6 Å². The molecular weight excluding hydrogens is 430 g/mol. The molecule has 2 unspecified atom stereocenters. The summed E-state index contributed by atoms with van der Waals surface area (Å²) in [7, 11) is 0. The second-order valence-electron chi connectivity index (χ2n) is 9.83. The zero-order valence-corrected chi connectivity index (χ0v) is 19.1. The maximum atomic E-state index is 13.1. The van der Waals surface area contributed by atoms with E-state index in [9.17, 15) is 19.2 Å². The number of amides is 4. The maximum Gasteiger partial charge on any atom is 0.326 e. The lowest BCUT2D eigenvalue weighted by Gasteiger charge is -2.43. The lowest BCUT2D eigenvalue weighted by atomic mass is 9.64. The largest absolute Gasteiger partial charge is 0.486 e. The molecule has 1 aromatic carbocycles. The van der Waals surface area contributed by atoms with E-state index >= 15 is 0 Å². The molecule has 1 spiro atoms. The van der Waals surface area contributed by atoms with Crippen LogP contribution in [0.5, 0.6) is 11.5 Å². The SMILES string of the molecule is CC1CC(C)(C)CC2(C1)NC(=O)N(CC(=O)OCC(=O)Nc1ccc3c(c1)OCCO3)C2=O. The van der Waals surface area contributed by atoms with Gasteiger partial charge in [-0.3, -0.25) is 19.3 Å². The van der Waals surface area contributed by atoms with Crippen molar-refractivity contribution >= 4 is 29.5 Å². The Balaban J connectivity index is 1.30. The van der Waals surface area contributed by atoms with Gasteiger partial charge in [-0.2, -0.15) is 0 Å². The van der Waals surface area contributed by atoms with Crippen LogP contribution in [0, 0.1) is 11.3 Å². The molecule has 4 rings (SSSR count). The van der Waals surface area contributed by atoms with Crippen molar-refractivity contribution in [3.63, 3.8) is 0 Å². The van der Waals surface area contributed by atoms with E-state index in [1.165, 1.54) is 0 Å². The van der Waals surface area contributed by atoms with Crippen molar-refractivity contribution in [2.75, 3.05) is 31.7 Å². The fraction of sp³-hybridized carbons (Fsp3) is 0.565. The van der Waals surface area contributed by atoms with Crippen molar-refractivity contribution in [1.29, 1.82) is 0 Å². The Morgan fingerprint density at radius 2 is 1.91 bits per heavy atom. The highest BCUT2D eigenvalue weighted by atomic mass is 16.6. The molecule has 1 aromatic rings. The minimum Gasteiger partial charge on any atom is -0.486 e. The number of benzene rings is 1. The summed E-state index contributed by atoms with van der Waals surface area (Å²) >= 11 is 0. The fourth-order valence-electron chi connectivity index (χ4n) is 5.29. The highest BCUT2D eigenvalue weighted by Gasteiger charge is 2.56. The Bertz CT molecular complexity index is 992. The summed E-state index contributed by atoms with van der Waals surface area (Å²) < 4.78 is 15.9. The monoisotopic (exact) mass is 459 g/mol. The highest BCUT2D eigenvalue weighted by molar-refractivity contribution is 6.09. The van der Waals surface area contributed by atoms with Crippen LogP contribution in [0.4, 0.5) is 10.5 Å². The molecule has 1 saturated carbocycles. The Kier molecular flexibility index (Phi) is 5.94. The van der Waals surface area contributed by atoms with Crippen LogP contribution in [0.3, 0.4) is 0 Å². The molecule has 1 saturated heterocycles. The summed E-state index contributed by atoms with van der Waals surface area (Å²) in [5, 5.41) is 5.42. The topological polar surface area (TPSA) is 123 Å². The van der Waals surface area contributed by atoms with E-state index in [1.54, 1.807) is 18.2 Å². The summed E-state index contributed by atoms with van der Waals surface area (Å²) in [6.45, 7) is 5.98. The van der Waals surface area contributed by atoms with Crippen LogP contribution in [-0.2, 0) is 19.1 Å². The minimum absolute atomic E-state index is 0.108. The molecule has 10 nitrogen and oxygen atoms in total. The number of hydrogen-bond acceptors (Lipinski definition) is 7. The molecule has 10 heteroatoms. The third-order valence-electron chi connectivity index (χ3n) is 6.10. The fourth-order valence-corrected chi connectivity index (χ4v) is 5.29. The van der Waals surface area contributed by atoms with E-state index in [2.05, 4.69) is 31.4 Å². The predicted molar refractivity (Wildman–Crippen MR) is 117 cm³/mol. The number of hydrogen-bond donors (Lipinski definition) is 2. The van der Waals surface area contributed by atoms with Crippen molar-refractivity contribution in [3.05, 3.63) is 18.2 Å². The molecule has 0 radical (unpaired) electrons. The number of nitrogens with one attached hydrogen (secondary N) is 2. The normalized spacial score (nSPS) is 25.5. The number of carbonyl (C=O) groups is 4. The molecule has 2 N–H and O–H groups in total. The van der Waals surface area contributed by atoms with Crippen LogP contribution < -0.4 is 20.1 Å². The third-order valence-corrected chi connectivity index (χ3v) is 6.10. The average Bonchev–Trinajstić information content (AvgIpc) is 2.94. The van der Waals surface area contributed by atoms with Crippen LogP contribution in [0.25, 0.3) is 0 Å². The van der Waals surface area contributed by atoms with E-state index in [1.807, 2.05) is 0 Å². The van der Waals surface area contributed by atoms with Gasteiger partial charge < -0.3 is 24.8 Å². The van der Waals surface area contributed by atoms with Gasteiger partial charge in [-0.25, -0.2) is 4.79 Å². The molecule has 1 aliphatic carbocycles. The number of urea groups is 1. The molecule has 2 fully saturated rings. The maximum absolute atomic E-state index is 13.1. The quantitative estimate of drug-likeness (QED) is 0.510. The first-order valence-corrected chi connectivity index (χ1v) is 11.1. The van der Waals surface area contributed by atoms with Gasteiger partial charge in [0.25, 0.3) is 11.8 Å². The molecule has 33 heavy (non-hydrogen) atoms. The second-order valence-corrected chi connectivity index (χ2v) is 9.83. The van der Waals surface area contributed by atoms with E-state index in [0.29, 0.717) is 43.2 Å². The number of carbonyl (C=O) groups excluding carboxylic acids is 4. The van der Waals surface area contributed by atoms with Crippen LogP contribution in [-0.4, -0.2) is 60.6 Å². The zero-order valence-electron chi connectivity index (χ0n) is 19.1. The number of esters is 1. The summed E-state index contributed by atoms with van der Waals surface area (Å²) in [6.07, 6.45) is 2.00. The third kappa shape index (κ3) is 4.89. The lowest BCUT2D eigenvalue weighted by Crippen LogP contribution is -2.54. The van der Waals surface area contributed by atoms with Gasteiger partial charge in [0, 0.05) is 11.8 Å². The number of fused-ring (bicyclic) bond motifs is 1. The van der Waals surface area contributed by atoms with E-state index in [0.717, 1.165) is 11.3 Å². The summed E-state index contributed by atoms with van der Waals surface area (Å²) in [6, 6.07) is 4.33. The second kappa shape index (κ2) is 8.57. The Labute approximate surface area is 191 Å². The molecule has 0 aromatic heterocycles. The molecule has 2 atom stereocenters. The first kappa shape index (κ1) is 22.9. The smallest absolute Gasteiger partial charge is 0.326 e. The van der Waals surface area contributed by atoms with Crippen LogP contribution >= 0.6 is 0 Å². The number of ether oxygens (including phenoxy) is 3. The Morgan fingerprint density at radius 3 is 2.64 bits per heavy atom. The summed E-state index contributed by atoms with van der Waals surface area (Å²) in [5.74, 6) is -0.442. The van der Waals surface area contributed by atoms with Crippen molar-refractivity contribution in [2.24, 2.45) is 11.3 Å². The van der Waals surface area contributed by atoms with Crippen molar-refractivity contribution in [1.82, 2.24) is 10.2 Å². The van der Waals surface area contributed by atoms with Crippen LogP contribution in [0.2, 0.25) is 0 Å². The molecule has 2 heterocycles. The van der Waals surface area contributed by atoms with Gasteiger partial charge in [0.2, 0.25) is 0 Å². The van der Waals surface area contributed by atoms with Gasteiger partial charge in [0.05, 0.1) is 0 Å². The highest BCUT2D eigenvalue weighted by Crippen LogP contribution is 2.46. The summed E-state index contributed by atoms with van der Waals surface area (Å²) in [5.41, 5.74) is -0.637. The van der Waals surface area contributed by atoms with Gasteiger partial charge in [-0.05, 0) is 42.7 Å². The summed E-state index contributed by atoms with van der Waals surface area (Å²) in [4.78, 5) is 50.9. The van der Waals surface area contributed by atoms with Gasteiger partial charge in [0.15, 0.2) is 18.1 Å². The van der Waals surface area contributed by atoms with Crippen LogP contribution in [0.1, 0.15) is 40.0 Å². The Hall–Kier alpha value is -3.30.